The molecule has 0 N–H and O–H groups in total. The summed E-state index contributed by atoms with van der Waals surface area (Å²) in [5, 5.41) is 8.27. The highest BCUT2D eigenvalue weighted by Gasteiger charge is 1.83. The van der Waals surface area contributed by atoms with Crippen LogP contribution in [0.4, 0.5) is 0 Å². The van der Waals surface area contributed by atoms with E-state index in [2.05, 4.69) is 37.3 Å². The molecule has 0 unspecified atom stereocenters. The predicted octanol–water partition coefficient (Wildman–Crippen LogP) is 3.98. The summed E-state index contributed by atoms with van der Waals surface area (Å²) >= 11 is 0. The Labute approximate surface area is 81.8 Å². The third kappa shape index (κ3) is 11.0. The van der Waals surface area contributed by atoms with Gasteiger partial charge in [-0.2, -0.15) is 5.26 Å². The average molecular weight is 177 g/mol. The summed E-state index contributed by atoms with van der Waals surface area (Å²) in [6.45, 7) is 2.06. The first-order chi connectivity index (χ1) is 6.41. The van der Waals surface area contributed by atoms with Crippen molar-refractivity contribution in [2.24, 2.45) is 0 Å². The van der Waals surface area contributed by atoms with Crippen LogP contribution in [-0.4, -0.2) is 0 Å². The Morgan fingerprint density at radius 1 is 1.00 bits per heavy atom. The van der Waals surface area contributed by atoms with E-state index >= 15 is 0 Å². The van der Waals surface area contributed by atoms with Crippen molar-refractivity contribution in [3.63, 3.8) is 0 Å². The first-order valence-corrected chi connectivity index (χ1v) is 5.05. The van der Waals surface area contributed by atoms with Gasteiger partial charge in [0.15, 0.2) is 0 Å². The number of unbranched alkanes of at least 4 members (excludes halogenated alkanes) is 4. The molecular formula is C12H19N. The van der Waals surface area contributed by atoms with E-state index in [-0.39, 0.29) is 0 Å². The van der Waals surface area contributed by atoms with Crippen LogP contribution in [0.1, 0.15) is 45.4 Å². The van der Waals surface area contributed by atoms with E-state index in [4.69, 9.17) is 5.26 Å². The first-order valence-electron chi connectivity index (χ1n) is 5.05. The molecule has 1 nitrogen and oxygen atoms in total. The molecule has 13 heavy (non-hydrogen) atoms. The highest BCUT2D eigenvalue weighted by Crippen LogP contribution is 2.02. The SMILES string of the molecule is C/C=C/CCCC/C=C/CCC#N. The molecule has 0 aliphatic carbocycles. The largest absolute Gasteiger partial charge is 0.198 e. The van der Waals surface area contributed by atoms with E-state index in [1.165, 1.54) is 19.3 Å². The first kappa shape index (κ1) is 12.0. The van der Waals surface area contributed by atoms with Crippen LogP contribution in [0.5, 0.6) is 0 Å². The fourth-order valence-corrected chi connectivity index (χ4v) is 1.07. The van der Waals surface area contributed by atoms with Crippen LogP contribution in [0.3, 0.4) is 0 Å². The molecule has 0 bridgehead atoms. The lowest BCUT2D eigenvalue weighted by Gasteiger charge is -1.92. The van der Waals surface area contributed by atoms with Crippen molar-refractivity contribution in [2.75, 3.05) is 0 Å². The maximum Gasteiger partial charge on any atom is 0.0624 e. The van der Waals surface area contributed by atoms with Crippen LogP contribution in [0.25, 0.3) is 0 Å². The number of rotatable bonds is 7. The van der Waals surface area contributed by atoms with Crippen LogP contribution in [0.15, 0.2) is 24.3 Å². The number of allylic oxidation sites excluding steroid dienone is 4. The van der Waals surface area contributed by atoms with Gasteiger partial charge in [-0.15, -0.1) is 0 Å². The lowest BCUT2D eigenvalue weighted by molar-refractivity contribution is 0.760. The Hall–Kier alpha value is -1.03. The summed E-state index contributed by atoms with van der Waals surface area (Å²) in [4.78, 5) is 0. The second-order valence-electron chi connectivity index (χ2n) is 3.02. The minimum absolute atomic E-state index is 0.648. The lowest BCUT2D eigenvalue weighted by atomic mass is 10.1. The summed E-state index contributed by atoms with van der Waals surface area (Å²) in [5.41, 5.74) is 0. The number of hydrogen-bond donors (Lipinski definition) is 0. The quantitative estimate of drug-likeness (QED) is 0.426. The van der Waals surface area contributed by atoms with Gasteiger partial charge in [0.05, 0.1) is 6.07 Å². The monoisotopic (exact) mass is 177 g/mol. The van der Waals surface area contributed by atoms with E-state index < -0.39 is 0 Å². The molecule has 0 aliphatic rings. The van der Waals surface area contributed by atoms with Gasteiger partial charge in [-0.25, -0.2) is 0 Å². The second-order valence-corrected chi connectivity index (χ2v) is 3.02. The van der Waals surface area contributed by atoms with Crippen molar-refractivity contribution in [2.45, 2.75) is 45.4 Å². The summed E-state index contributed by atoms with van der Waals surface area (Å²) in [5.74, 6) is 0. The van der Waals surface area contributed by atoms with Crippen LogP contribution in [-0.2, 0) is 0 Å². The van der Waals surface area contributed by atoms with E-state index in [1.807, 2.05) is 0 Å². The Kier molecular flexibility index (Phi) is 10.1. The topological polar surface area (TPSA) is 23.8 Å². The van der Waals surface area contributed by atoms with Crippen molar-refractivity contribution in [3.8, 4) is 6.07 Å². The fourth-order valence-electron chi connectivity index (χ4n) is 1.07. The number of hydrogen-bond acceptors (Lipinski definition) is 1. The van der Waals surface area contributed by atoms with Crippen LogP contribution < -0.4 is 0 Å². The fraction of sp³-hybridized carbons (Fsp3) is 0.583. The molecule has 0 spiro atoms. The molecule has 0 aromatic carbocycles. The van der Waals surface area contributed by atoms with Crippen molar-refractivity contribution in [1.82, 2.24) is 0 Å². The summed E-state index contributed by atoms with van der Waals surface area (Å²) in [6.07, 6.45) is 15.0. The maximum absolute atomic E-state index is 8.27. The van der Waals surface area contributed by atoms with Gasteiger partial charge in [0.2, 0.25) is 0 Å². The van der Waals surface area contributed by atoms with Crippen LogP contribution in [0, 0.1) is 11.3 Å². The van der Waals surface area contributed by atoms with Gasteiger partial charge in [0.25, 0.3) is 0 Å². The summed E-state index contributed by atoms with van der Waals surface area (Å²) < 4.78 is 0. The highest BCUT2D eigenvalue weighted by molar-refractivity contribution is 4.85. The van der Waals surface area contributed by atoms with Gasteiger partial charge in [0, 0.05) is 6.42 Å². The standard InChI is InChI=1S/C12H19N/c1-2-3-4-5-6-7-8-9-10-11-12-13/h2-3,8-9H,4-7,10-11H2,1H3/b3-2+,9-8+. The van der Waals surface area contributed by atoms with Crippen molar-refractivity contribution in [3.05, 3.63) is 24.3 Å². The summed E-state index contributed by atoms with van der Waals surface area (Å²) in [6, 6.07) is 2.13. The molecule has 0 amide bonds. The molecule has 0 rings (SSSR count). The molecule has 0 atom stereocenters. The van der Waals surface area contributed by atoms with Crippen LogP contribution >= 0.6 is 0 Å². The van der Waals surface area contributed by atoms with Gasteiger partial charge >= 0.3 is 0 Å². The Bertz CT molecular complexity index is 184. The van der Waals surface area contributed by atoms with Crippen molar-refractivity contribution in [1.29, 1.82) is 5.26 Å². The van der Waals surface area contributed by atoms with Crippen LogP contribution in [0.2, 0.25) is 0 Å². The molecule has 0 fully saturated rings. The number of nitriles is 1. The van der Waals surface area contributed by atoms with Gasteiger partial charge in [0.1, 0.15) is 0 Å². The zero-order valence-electron chi connectivity index (χ0n) is 8.50. The van der Waals surface area contributed by atoms with E-state index in [9.17, 15) is 0 Å². The Morgan fingerprint density at radius 3 is 2.23 bits per heavy atom. The van der Waals surface area contributed by atoms with Crippen molar-refractivity contribution >= 4 is 0 Å². The zero-order valence-corrected chi connectivity index (χ0v) is 8.50. The normalized spacial score (nSPS) is 11.1. The predicted molar refractivity (Wildman–Crippen MR) is 57.3 cm³/mol. The molecule has 0 aromatic heterocycles. The molecule has 0 aliphatic heterocycles. The minimum atomic E-state index is 0.648. The van der Waals surface area contributed by atoms with E-state index in [1.54, 1.807) is 0 Å². The Balaban J connectivity index is 3.07. The van der Waals surface area contributed by atoms with Gasteiger partial charge in [-0.1, -0.05) is 24.3 Å². The van der Waals surface area contributed by atoms with E-state index in [0.717, 1.165) is 12.8 Å². The van der Waals surface area contributed by atoms with Gasteiger partial charge in [-0.3, -0.25) is 0 Å². The third-order valence-corrected chi connectivity index (χ3v) is 1.82. The molecular weight excluding hydrogens is 158 g/mol. The summed E-state index contributed by atoms with van der Waals surface area (Å²) in [7, 11) is 0. The maximum atomic E-state index is 8.27. The minimum Gasteiger partial charge on any atom is -0.198 e. The average Bonchev–Trinajstić information content (AvgIpc) is 2.16. The second kappa shape index (κ2) is 11.0. The molecule has 0 aromatic rings. The number of nitrogens with zero attached hydrogens (tertiary/aromatic N) is 1. The highest BCUT2D eigenvalue weighted by atomic mass is 14.2. The molecule has 0 saturated heterocycles. The zero-order chi connectivity index (χ0) is 9.78. The third-order valence-electron chi connectivity index (χ3n) is 1.82. The molecule has 72 valence electrons. The Morgan fingerprint density at radius 2 is 1.62 bits per heavy atom. The van der Waals surface area contributed by atoms with Gasteiger partial charge < -0.3 is 0 Å². The molecule has 0 radical (unpaired) electrons. The van der Waals surface area contributed by atoms with Crippen molar-refractivity contribution < 1.29 is 0 Å². The lowest BCUT2D eigenvalue weighted by Crippen LogP contribution is -1.72. The van der Waals surface area contributed by atoms with Gasteiger partial charge in [-0.05, 0) is 39.0 Å². The van der Waals surface area contributed by atoms with E-state index in [0.29, 0.717) is 6.42 Å². The molecule has 0 saturated carbocycles. The smallest absolute Gasteiger partial charge is 0.0624 e. The molecule has 1 heteroatoms. The molecule has 0 heterocycles.